The van der Waals surface area contributed by atoms with Crippen molar-refractivity contribution < 1.29 is 4.74 Å². The number of hydrogen-bond donors (Lipinski definition) is 0. The van der Waals surface area contributed by atoms with Gasteiger partial charge in [0.2, 0.25) is 0 Å². The fourth-order valence-corrected chi connectivity index (χ4v) is 3.63. The van der Waals surface area contributed by atoms with Gasteiger partial charge in [0.25, 0.3) is 5.56 Å². The summed E-state index contributed by atoms with van der Waals surface area (Å²) in [4.78, 5) is 22.6. The van der Waals surface area contributed by atoms with E-state index in [9.17, 15) is 4.79 Å². The molecule has 0 aliphatic heterocycles. The van der Waals surface area contributed by atoms with Crippen molar-refractivity contribution in [3.63, 3.8) is 0 Å². The van der Waals surface area contributed by atoms with Gasteiger partial charge in [-0.2, -0.15) is 0 Å². The highest BCUT2D eigenvalue weighted by atomic mass is 16.5. The Hall–Kier alpha value is -3.93. The molecule has 0 radical (unpaired) electrons. The quantitative estimate of drug-likeness (QED) is 0.474. The molecule has 3 aromatic heterocycles. The monoisotopic (exact) mass is 382 g/mol. The maximum absolute atomic E-state index is 13.6. The highest BCUT2D eigenvalue weighted by molar-refractivity contribution is 6.01. The Kier molecular flexibility index (Phi) is 4.09. The van der Waals surface area contributed by atoms with E-state index in [-0.39, 0.29) is 5.56 Å². The van der Waals surface area contributed by atoms with Crippen LogP contribution in [0, 0.1) is 0 Å². The van der Waals surface area contributed by atoms with Crippen molar-refractivity contribution in [2.24, 2.45) is 0 Å². The van der Waals surface area contributed by atoms with E-state index >= 15 is 0 Å². The van der Waals surface area contributed by atoms with Gasteiger partial charge in [0.15, 0.2) is 0 Å². The van der Waals surface area contributed by atoms with Gasteiger partial charge in [-0.3, -0.25) is 9.36 Å². The number of methoxy groups -OCH3 is 1. The molecule has 5 aromatic rings. The minimum atomic E-state index is -0.136. The van der Waals surface area contributed by atoms with Gasteiger partial charge in [-0.1, -0.05) is 30.3 Å². The number of pyridine rings is 2. The average molecular weight is 382 g/mol. The van der Waals surface area contributed by atoms with Crippen molar-refractivity contribution in [3.05, 3.63) is 95.2 Å². The van der Waals surface area contributed by atoms with Gasteiger partial charge in [0, 0.05) is 18.1 Å². The Morgan fingerprint density at radius 3 is 2.48 bits per heavy atom. The molecule has 29 heavy (non-hydrogen) atoms. The summed E-state index contributed by atoms with van der Waals surface area (Å²) in [6.45, 7) is 0.538. The number of imidazole rings is 1. The largest absolute Gasteiger partial charge is 0.497 e. The molecule has 6 nitrogen and oxygen atoms in total. The second kappa shape index (κ2) is 6.91. The molecule has 3 heterocycles. The summed E-state index contributed by atoms with van der Waals surface area (Å²) in [6, 6.07) is 21.2. The number of rotatable bonds is 4. The van der Waals surface area contributed by atoms with Crippen molar-refractivity contribution in [3.8, 4) is 11.4 Å². The van der Waals surface area contributed by atoms with Crippen LogP contribution in [0.15, 0.2) is 84.0 Å². The highest BCUT2D eigenvalue weighted by Crippen LogP contribution is 2.23. The molecule has 6 heteroatoms. The molecular formula is C23H18N4O2. The topological polar surface area (TPSA) is 61.9 Å². The Balaban J connectivity index is 1.76. The third-order valence-corrected chi connectivity index (χ3v) is 5.02. The smallest absolute Gasteiger partial charge is 0.282 e. The number of nitrogens with zero attached hydrogens (tertiary/aromatic N) is 4. The van der Waals surface area contributed by atoms with Crippen LogP contribution in [0.1, 0.15) is 5.56 Å². The predicted molar refractivity (Wildman–Crippen MR) is 113 cm³/mol. The van der Waals surface area contributed by atoms with E-state index in [1.807, 2.05) is 71.3 Å². The lowest BCUT2D eigenvalue weighted by Crippen LogP contribution is -2.22. The molecule has 0 saturated carbocycles. The van der Waals surface area contributed by atoms with Crippen LogP contribution in [0.5, 0.6) is 5.75 Å². The van der Waals surface area contributed by atoms with E-state index in [2.05, 4.69) is 9.97 Å². The van der Waals surface area contributed by atoms with Gasteiger partial charge >= 0.3 is 0 Å². The molecular weight excluding hydrogens is 364 g/mol. The first-order chi connectivity index (χ1) is 14.3. The average Bonchev–Trinajstić information content (AvgIpc) is 3.19. The van der Waals surface area contributed by atoms with E-state index in [1.54, 1.807) is 24.2 Å². The molecule has 0 unspecified atom stereocenters. The number of hydrogen-bond acceptors (Lipinski definition) is 4. The van der Waals surface area contributed by atoms with Crippen LogP contribution >= 0.6 is 0 Å². The van der Waals surface area contributed by atoms with Crippen LogP contribution in [0.4, 0.5) is 0 Å². The van der Waals surface area contributed by atoms with Crippen LogP contribution < -0.4 is 10.3 Å². The summed E-state index contributed by atoms with van der Waals surface area (Å²) < 4.78 is 8.78. The SMILES string of the molecule is COc1ccc(Cn2cnc3c4cccnc4n(-c4ccccc4)c(=O)c32)cc1. The number of benzene rings is 2. The summed E-state index contributed by atoms with van der Waals surface area (Å²) in [6.07, 6.45) is 3.42. The minimum Gasteiger partial charge on any atom is -0.497 e. The second-order valence-electron chi connectivity index (χ2n) is 6.77. The predicted octanol–water partition coefficient (Wildman–Crippen LogP) is 3.79. The third-order valence-electron chi connectivity index (χ3n) is 5.02. The van der Waals surface area contributed by atoms with Gasteiger partial charge in [0.05, 0.1) is 19.1 Å². The molecule has 0 N–H and O–H groups in total. The maximum Gasteiger partial charge on any atom is 0.282 e. The van der Waals surface area contributed by atoms with E-state index in [4.69, 9.17) is 4.74 Å². The van der Waals surface area contributed by atoms with Crippen molar-refractivity contribution in [2.45, 2.75) is 6.54 Å². The van der Waals surface area contributed by atoms with E-state index < -0.39 is 0 Å². The van der Waals surface area contributed by atoms with Crippen LogP contribution in [-0.2, 0) is 6.54 Å². The normalized spacial score (nSPS) is 11.2. The number of ether oxygens (including phenoxy) is 1. The number of aromatic nitrogens is 4. The molecule has 5 rings (SSSR count). The van der Waals surface area contributed by atoms with Crippen LogP contribution in [-0.4, -0.2) is 26.2 Å². The second-order valence-corrected chi connectivity index (χ2v) is 6.77. The molecule has 0 saturated heterocycles. The lowest BCUT2D eigenvalue weighted by molar-refractivity contribution is 0.414. The van der Waals surface area contributed by atoms with Gasteiger partial charge in [-0.25, -0.2) is 9.97 Å². The van der Waals surface area contributed by atoms with Gasteiger partial charge in [0.1, 0.15) is 22.4 Å². The summed E-state index contributed by atoms with van der Waals surface area (Å²) in [5.41, 5.74) is 3.53. The molecule has 0 spiro atoms. The summed E-state index contributed by atoms with van der Waals surface area (Å²) in [5, 5.41) is 0.847. The van der Waals surface area contributed by atoms with Gasteiger partial charge < -0.3 is 9.30 Å². The zero-order valence-electron chi connectivity index (χ0n) is 15.8. The fraction of sp³-hybridized carbons (Fsp3) is 0.0870. The van der Waals surface area contributed by atoms with Crippen LogP contribution in [0.3, 0.4) is 0 Å². The molecule has 142 valence electrons. The van der Waals surface area contributed by atoms with Crippen molar-refractivity contribution >= 4 is 22.1 Å². The Labute approximate surface area is 166 Å². The molecule has 2 aromatic carbocycles. The van der Waals surface area contributed by atoms with Gasteiger partial charge in [-0.05, 0) is 42.0 Å². The molecule has 0 fully saturated rings. The molecule has 0 bridgehead atoms. The Bertz CT molecular complexity index is 1370. The minimum absolute atomic E-state index is 0.136. The van der Waals surface area contributed by atoms with Crippen molar-refractivity contribution in [1.29, 1.82) is 0 Å². The lowest BCUT2D eigenvalue weighted by Gasteiger charge is -2.11. The summed E-state index contributed by atoms with van der Waals surface area (Å²) >= 11 is 0. The Morgan fingerprint density at radius 1 is 0.931 bits per heavy atom. The standard InChI is InChI=1S/C23H18N4O2/c1-29-18-11-9-16(10-12-18)14-26-15-25-20-19-8-5-13-24-22(19)27(23(28)21(20)26)17-6-3-2-4-7-17/h2-13,15H,14H2,1H3. The maximum atomic E-state index is 13.6. The summed E-state index contributed by atoms with van der Waals surface area (Å²) in [5.74, 6) is 0.799. The zero-order valence-corrected chi connectivity index (χ0v) is 15.8. The molecule has 0 aliphatic carbocycles. The van der Waals surface area contributed by atoms with Crippen LogP contribution in [0.25, 0.3) is 27.8 Å². The van der Waals surface area contributed by atoms with Crippen LogP contribution in [0.2, 0.25) is 0 Å². The summed E-state index contributed by atoms with van der Waals surface area (Å²) in [7, 11) is 1.64. The first-order valence-electron chi connectivity index (χ1n) is 9.29. The third kappa shape index (κ3) is 2.86. The fourth-order valence-electron chi connectivity index (χ4n) is 3.63. The first-order valence-corrected chi connectivity index (χ1v) is 9.29. The van der Waals surface area contributed by atoms with Crippen molar-refractivity contribution in [2.75, 3.05) is 7.11 Å². The molecule has 0 aliphatic rings. The van der Waals surface area contributed by atoms with E-state index in [0.29, 0.717) is 23.2 Å². The lowest BCUT2D eigenvalue weighted by atomic mass is 10.2. The zero-order chi connectivity index (χ0) is 19.8. The molecule has 0 atom stereocenters. The number of fused-ring (bicyclic) bond motifs is 3. The molecule has 0 amide bonds. The van der Waals surface area contributed by atoms with Gasteiger partial charge in [-0.15, -0.1) is 0 Å². The first kappa shape index (κ1) is 17.2. The van der Waals surface area contributed by atoms with E-state index in [0.717, 1.165) is 22.4 Å². The van der Waals surface area contributed by atoms with E-state index in [1.165, 1.54) is 0 Å². The number of para-hydroxylation sites is 1. The van der Waals surface area contributed by atoms with Crippen molar-refractivity contribution in [1.82, 2.24) is 19.1 Å². The Morgan fingerprint density at radius 2 is 1.72 bits per heavy atom. The highest BCUT2D eigenvalue weighted by Gasteiger charge is 2.17.